The number of anilines is 1. The molecule has 0 spiro atoms. The van der Waals surface area contributed by atoms with Crippen molar-refractivity contribution in [2.24, 2.45) is 0 Å². The standard InChI is InChI=1S/C25H22F3N7O4S/c1-38-20-4-3-19(30-14-20)15-33-6-8-34(9-7-33)23-5-2-17(12-31-23)22-10-21(39-40(36,37)25(26,27)28)16-35-24(22)18(11-29)13-32-35/h2-5,10,12-14,16H,6-9,15H2,1H3. The minimum absolute atomic E-state index is 0.145. The molecular formula is C25H22F3N7O4S. The summed E-state index contributed by atoms with van der Waals surface area (Å²) in [5, 5.41) is 13.5. The van der Waals surface area contributed by atoms with Gasteiger partial charge in [0, 0.05) is 50.0 Å². The number of aromatic nitrogens is 4. The Kier molecular flexibility index (Phi) is 7.21. The number of rotatable bonds is 7. The highest BCUT2D eigenvalue weighted by atomic mass is 32.2. The second kappa shape index (κ2) is 10.6. The smallest absolute Gasteiger partial charge is 0.495 e. The number of hydrogen-bond acceptors (Lipinski definition) is 10. The van der Waals surface area contributed by atoms with Gasteiger partial charge in [0.15, 0.2) is 5.75 Å². The lowest BCUT2D eigenvalue weighted by atomic mass is 10.1. The van der Waals surface area contributed by atoms with E-state index in [1.165, 1.54) is 12.4 Å². The monoisotopic (exact) mass is 573 g/mol. The van der Waals surface area contributed by atoms with Crippen LogP contribution in [0.5, 0.6) is 11.5 Å². The van der Waals surface area contributed by atoms with E-state index in [4.69, 9.17) is 4.74 Å². The maximum atomic E-state index is 12.9. The van der Waals surface area contributed by atoms with Gasteiger partial charge in [-0.1, -0.05) is 0 Å². The molecule has 1 saturated heterocycles. The van der Waals surface area contributed by atoms with E-state index in [9.17, 15) is 26.9 Å². The van der Waals surface area contributed by atoms with Crippen LogP contribution >= 0.6 is 0 Å². The number of ether oxygens (including phenoxy) is 1. The molecular weight excluding hydrogens is 551 g/mol. The van der Waals surface area contributed by atoms with E-state index in [-0.39, 0.29) is 16.6 Å². The van der Waals surface area contributed by atoms with E-state index in [0.29, 0.717) is 36.8 Å². The number of hydrogen-bond donors (Lipinski definition) is 0. The lowest BCUT2D eigenvalue weighted by Gasteiger charge is -2.35. The summed E-state index contributed by atoms with van der Waals surface area (Å²) in [4.78, 5) is 13.3. The van der Waals surface area contributed by atoms with Crippen LogP contribution in [0.4, 0.5) is 19.0 Å². The van der Waals surface area contributed by atoms with Gasteiger partial charge in [-0.05, 0) is 30.3 Å². The fraction of sp³-hybridized carbons (Fsp3) is 0.280. The summed E-state index contributed by atoms with van der Waals surface area (Å²) < 4.78 is 72.4. The predicted octanol–water partition coefficient (Wildman–Crippen LogP) is 3.22. The van der Waals surface area contributed by atoms with Crippen LogP contribution in [0.1, 0.15) is 11.3 Å². The van der Waals surface area contributed by atoms with Crippen LogP contribution < -0.4 is 13.8 Å². The normalized spacial score (nSPS) is 14.7. The van der Waals surface area contributed by atoms with Gasteiger partial charge in [-0.25, -0.2) is 9.50 Å². The highest BCUT2D eigenvalue weighted by Crippen LogP contribution is 2.34. The number of halogens is 3. The molecule has 1 fully saturated rings. The first-order valence-electron chi connectivity index (χ1n) is 11.9. The molecule has 0 aromatic carbocycles. The molecule has 0 radical (unpaired) electrons. The van der Waals surface area contributed by atoms with Crippen molar-refractivity contribution in [3.63, 3.8) is 0 Å². The third-order valence-electron chi connectivity index (χ3n) is 6.37. The van der Waals surface area contributed by atoms with Crippen molar-refractivity contribution in [3.05, 3.63) is 66.4 Å². The van der Waals surface area contributed by atoms with Crippen molar-refractivity contribution in [1.29, 1.82) is 5.26 Å². The molecule has 40 heavy (non-hydrogen) atoms. The van der Waals surface area contributed by atoms with E-state index < -0.39 is 21.4 Å². The minimum Gasteiger partial charge on any atom is -0.495 e. The van der Waals surface area contributed by atoms with Gasteiger partial charge in [-0.15, -0.1) is 0 Å². The molecule has 11 nitrogen and oxygen atoms in total. The zero-order valence-electron chi connectivity index (χ0n) is 21.0. The molecule has 0 amide bonds. The quantitative estimate of drug-likeness (QED) is 0.240. The third kappa shape index (κ3) is 5.49. The van der Waals surface area contributed by atoms with Gasteiger partial charge in [-0.2, -0.15) is 31.9 Å². The van der Waals surface area contributed by atoms with Gasteiger partial charge in [-0.3, -0.25) is 9.88 Å². The van der Waals surface area contributed by atoms with Crippen LogP contribution in [0.25, 0.3) is 16.6 Å². The van der Waals surface area contributed by atoms with Gasteiger partial charge >= 0.3 is 15.6 Å². The maximum Gasteiger partial charge on any atom is 0.534 e. The molecule has 0 bridgehead atoms. The Labute approximate surface area is 227 Å². The lowest BCUT2D eigenvalue weighted by molar-refractivity contribution is -0.0500. The highest BCUT2D eigenvalue weighted by Gasteiger charge is 2.48. The van der Waals surface area contributed by atoms with Crippen LogP contribution in [-0.4, -0.2) is 71.7 Å². The predicted molar refractivity (Wildman–Crippen MR) is 137 cm³/mol. The second-order valence-electron chi connectivity index (χ2n) is 8.89. The van der Waals surface area contributed by atoms with Crippen molar-refractivity contribution >= 4 is 21.5 Å². The topological polar surface area (TPSA) is 126 Å². The first kappa shape index (κ1) is 27.2. The van der Waals surface area contributed by atoms with Gasteiger partial charge < -0.3 is 13.8 Å². The van der Waals surface area contributed by atoms with Crippen LogP contribution in [0.2, 0.25) is 0 Å². The van der Waals surface area contributed by atoms with Gasteiger partial charge in [0.25, 0.3) is 0 Å². The summed E-state index contributed by atoms with van der Waals surface area (Å²) in [7, 11) is -4.32. The molecule has 4 aromatic heterocycles. The van der Waals surface area contributed by atoms with E-state index in [1.807, 2.05) is 18.2 Å². The molecule has 0 saturated carbocycles. The Hall–Kier alpha value is -4.42. The Morgan fingerprint density at radius 3 is 2.40 bits per heavy atom. The van der Waals surface area contributed by atoms with E-state index >= 15 is 0 Å². The fourth-order valence-electron chi connectivity index (χ4n) is 4.34. The molecule has 0 N–H and O–H groups in total. The summed E-state index contributed by atoms with van der Waals surface area (Å²) in [6.45, 7) is 3.70. The number of methoxy groups -OCH3 is 1. The molecule has 4 aromatic rings. The van der Waals surface area contributed by atoms with Crippen LogP contribution in [0.15, 0.2) is 55.1 Å². The second-order valence-corrected chi connectivity index (χ2v) is 10.4. The van der Waals surface area contributed by atoms with E-state index in [1.54, 1.807) is 25.4 Å². The van der Waals surface area contributed by atoms with Crippen molar-refractivity contribution in [2.75, 3.05) is 38.2 Å². The Balaban J connectivity index is 1.34. The molecule has 1 aliphatic rings. The fourth-order valence-corrected chi connectivity index (χ4v) is 4.78. The van der Waals surface area contributed by atoms with Crippen molar-refractivity contribution < 1.29 is 30.5 Å². The van der Waals surface area contributed by atoms with Crippen LogP contribution in [0, 0.1) is 11.3 Å². The molecule has 0 unspecified atom stereocenters. The van der Waals surface area contributed by atoms with Crippen molar-refractivity contribution in [3.8, 4) is 28.7 Å². The summed E-state index contributed by atoms with van der Waals surface area (Å²) in [6, 6.07) is 10.3. The Morgan fingerprint density at radius 1 is 1.02 bits per heavy atom. The van der Waals surface area contributed by atoms with Gasteiger partial charge in [0.1, 0.15) is 17.6 Å². The first-order chi connectivity index (χ1) is 19.1. The average molecular weight is 574 g/mol. The number of piperazine rings is 1. The summed E-state index contributed by atoms with van der Waals surface area (Å²) in [5.41, 5.74) is -3.58. The zero-order chi connectivity index (χ0) is 28.5. The van der Waals surface area contributed by atoms with E-state index in [2.05, 4.69) is 29.0 Å². The summed E-state index contributed by atoms with van der Waals surface area (Å²) in [6.07, 6.45) is 5.38. The summed E-state index contributed by atoms with van der Waals surface area (Å²) >= 11 is 0. The SMILES string of the molecule is COc1ccc(CN2CCN(c3ccc(-c4cc(OS(=O)(=O)C(F)(F)F)cn5ncc(C#N)c45)cn3)CC2)nc1. The molecule has 0 aliphatic carbocycles. The number of fused-ring (bicyclic) bond motifs is 1. The minimum atomic E-state index is -5.91. The summed E-state index contributed by atoms with van der Waals surface area (Å²) in [5.74, 6) is 0.786. The molecule has 5 rings (SSSR count). The highest BCUT2D eigenvalue weighted by molar-refractivity contribution is 7.88. The van der Waals surface area contributed by atoms with Crippen molar-refractivity contribution in [1.82, 2.24) is 24.5 Å². The van der Waals surface area contributed by atoms with E-state index in [0.717, 1.165) is 35.6 Å². The zero-order valence-corrected chi connectivity index (χ0v) is 21.9. The van der Waals surface area contributed by atoms with Crippen LogP contribution in [0.3, 0.4) is 0 Å². The van der Waals surface area contributed by atoms with Crippen molar-refractivity contribution in [2.45, 2.75) is 12.1 Å². The number of alkyl halides is 3. The average Bonchev–Trinajstić information content (AvgIpc) is 3.36. The van der Waals surface area contributed by atoms with Gasteiger partial charge in [0.05, 0.1) is 42.5 Å². The van der Waals surface area contributed by atoms with Gasteiger partial charge in [0.2, 0.25) is 0 Å². The molecule has 1 aliphatic heterocycles. The first-order valence-corrected chi connectivity index (χ1v) is 13.3. The maximum absolute atomic E-state index is 12.9. The molecule has 0 atom stereocenters. The molecule has 208 valence electrons. The number of nitriles is 1. The molecule has 15 heteroatoms. The Bertz CT molecular complexity index is 1660. The lowest BCUT2D eigenvalue weighted by Crippen LogP contribution is -2.46. The Morgan fingerprint density at radius 2 is 1.80 bits per heavy atom. The number of nitrogens with zero attached hydrogens (tertiary/aromatic N) is 7. The number of pyridine rings is 3. The van der Waals surface area contributed by atoms with Crippen LogP contribution in [-0.2, 0) is 16.7 Å². The third-order valence-corrected chi connectivity index (χ3v) is 7.35. The largest absolute Gasteiger partial charge is 0.534 e. The molecule has 5 heterocycles.